The predicted octanol–water partition coefficient (Wildman–Crippen LogP) is 4.22. The molecule has 0 N–H and O–H groups in total. The van der Waals surface area contributed by atoms with Crippen LogP contribution in [0.4, 0.5) is 4.39 Å². The van der Waals surface area contributed by atoms with Crippen LogP contribution in [0.1, 0.15) is 5.56 Å². The first-order valence-electron chi connectivity index (χ1n) is 4.23. The second-order valence-corrected chi connectivity index (χ2v) is 4.65. The second-order valence-electron chi connectivity index (χ2n) is 3.11. The molecule has 0 aliphatic carbocycles. The number of hydrogen-bond donors (Lipinski definition) is 0. The highest BCUT2D eigenvalue weighted by atomic mass is 79.9. The lowest BCUT2D eigenvalue weighted by Crippen LogP contribution is -2.09. The number of alkyl halides is 2. The minimum atomic E-state index is -0.209. The van der Waals surface area contributed by atoms with E-state index in [4.69, 9.17) is 23.2 Å². The van der Waals surface area contributed by atoms with E-state index in [0.29, 0.717) is 23.7 Å². The Morgan fingerprint density at radius 2 is 1.93 bits per heavy atom. The van der Waals surface area contributed by atoms with E-state index < -0.39 is 0 Å². The van der Waals surface area contributed by atoms with E-state index in [1.54, 1.807) is 6.07 Å². The molecule has 0 saturated carbocycles. The summed E-state index contributed by atoms with van der Waals surface area (Å²) in [5.41, 5.74) is 0.666. The van der Waals surface area contributed by atoms with E-state index in [1.165, 1.54) is 6.07 Å². The van der Waals surface area contributed by atoms with Gasteiger partial charge in [0.25, 0.3) is 0 Å². The third kappa shape index (κ3) is 3.41. The molecule has 0 unspecified atom stereocenters. The van der Waals surface area contributed by atoms with Crippen molar-refractivity contribution >= 4 is 39.1 Å². The molecule has 0 aliphatic rings. The van der Waals surface area contributed by atoms with Crippen molar-refractivity contribution in [3.05, 3.63) is 34.1 Å². The molecule has 0 saturated heterocycles. The van der Waals surface area contributed by atoms with Crippen LogP contribution in [-0.2, 0) is 6.42 Å². The smallest absolute Gasteiger partial charge is 0.127 e. The van der Waals surface area contributed by atoms with Crippen molar-refractivity contribution in [2.75, 3.05) is 11.8 Å². The molecule has 0 spiro atoms. The summed E-state index contributed by atoms with van der Waals surface area (Å²) in [5, 5.41) is 0. The Kier molecular flexibility index (Phi) is 5.21. The Bertz CT molecular complexity index is 300. The lowest BCUT2D eigenvalue weighted by Gasteiger charge is -2.10. The molecule has 0 amide bonds. The van der Waals surface area contributed by atoms with Gasteiger partial charge in [0.1, 0.15) is 5.82 Å². The number of hydrogen-bond acceptors (Lipinski definition) is 0. The van der Waals surface area contributed by atoms with Gasteiger partial charge < -0.3 is 0 Å². The number of benzene rings is 1. The Hall–Kier alpha value is 0.210. The van der Waals surface area contributed by atoms with Gasteiger partial charge in [0.05, 0.1) is 0 Å². The molecular weight excluding hydrogens is 290 g/mol. The molecule has 78 valence electrons. The zero-order chi connectivity index (χ0) is 10.6. The van der Waals surface area contributed by atoms with Gasteiger partial charge in [0.15, 0.2) is 0 Å². The van der Waals surface area contributed by atoms with Gasteiger partial charge in [-0.2, -0.15) is 0 Å². The van der Waals surface area contributed by atoms with Crippen LogP contribution >= 0.6 is 39.1 Å². The molecule has 14 heavy (non-hydrogen) atoms. The topological polar surface area (TPSA) is 0 Å². The zero-order valence-corrected chi connectivity index (χ0v) is 10.5. The van der Waals surface area contributed by atoms with Crippen LogP contribution < -0.4 is 0 Å². The summed E-state index contributed by atoms with van der Waals surface area (Å²) in [6, 6.07) is 5.03. The molecule has 0 bridgehead atoms. The van der Waals surface area contributed by atoms with Gasteiger partial charge in [-0.25, -0.2) is 4.39 Å². The monoisotopic (exact) mass is 298 g/mol. The Morgan fingerprint density at radius 1 is 1.29 bits per heavy atom. The third-order valence-electron chi connectivity index (χ3n) is 1.96. The van der Waals surface area contributed by atoms with Gasteiger partial charge in [-0.1, -0.05) is 22.0 Å². The van der Waals surface area contributed by atoms with Gasteiger partial charge in [0.2, 0.25) is 0 Å². The Balaban J connectivity index is 2.76. The normalized spacial score (nSPS) is 10.9. The van der Waals surface area contributed by atoms with Crippen LogP contribution in [0.5, 0.6) is 0 Å². The molecule has 0 fully saturated rings. The third-order valence-corrected chi connectivity index (χ3v) is 3.33. The average molecular weight is 300 g/mol. The van der Waals surface area contributed by atoms with Crippen LogP contribution in [0.25, 0.3) is 0 Å². The fourth-order valence-electron chi connectivity index (χ4n) is 1.15. The average Bonchev–Trinajstić information content (AvgIpc) is 2.17. The van der Waals surface area contributed by atoms with Crippen molar-refractivity contribution in [2.45, 2.75) is 6.42 Å². The minimum absolute atomic E-state index is 0.133. The number of rotatable bonds is 4. The number of halogens is 4. The Labute approximate surface area is 102 Å². The van der Waals surface area contributed by atoms with Crippen molar-refractivity contribution in [3.8, 4) is 0 Å². The quantitative estimate of drug-likeness (QED) is 0.730. The fraction of sp³-hybridized carbons (Fsp3) is 0.400. The Morgan fingerprint density at radius 3 is 2.43 bits per heavy atom. The maximum atomic E-state index is 13.4. The van der Waals surface area contributed by atoms with Crippen molar-refractivity contribution < 1.29 is 4.39 Å². The van der Waals surface area contributed by atoms with E-state index in [1.807, 2.05) is 6.07 Å². The van der Waals surface area contributed by atoms with Gasteiger partial charge in [-0.3, -0.25) is 0 Å². The van der Waals surface area contributed by atoms with Crippen molar-refractivity contribution in [1.82, 2.24) is 0 Å². The zero-order valence-electron chi connectivity index (χ0n) is 7.44. The molecule has 1 rings (SSSR count). The largest absolute Gasteiger partial charge is 0.207 e. The van der Waals surface area contributed by atoms with Gasteiger partial charge in [-0.05, 0) is 30.0 Å². The van der Waals surface area contributed by atoms with Crippen molar-refractivity contribution in [3.63, 3.8) is 0 Å². The standard InChI is InChI=1S/C10H10BrCl2F/c11-9-2-1-8(10(14)4-9)3-7(5-12)6-13/h1-2,4,7H,3,5-6H2. The fourth-order valence-corrected chi connectivity index (χ4v) is 2.03. The van der Waals surface area contributed by atoms with E-state index >= 15 is 0 Å². The summed E-state index contributed by atoms with van der Waals surface area (Å²) in [6.07, 6.45) is 0.589. The molecule has 0 atom stereocenters. The molecule has 0 heterocycles. The van der Waals surface area contributed by atoms with Gasteiger partial charge in [-0.15, -0.1) is 23.2 Å². The first-order valence-corrected chi connectivity index (χ1v) is 6.09. The summed E-state index contributed by atoms with van der Waals surface area (Å²) < 4.78 is 14.1. The lowest BCUT2D eigenvalue weighted by molar-refractivity contribution is 0.578. The van der Waals surface area contributed by atoms with Crippen LogP contribution in [0.15, 0.2) is 22.7 Å². The molecule has 1 aromatic rings. The highest BCUT2D eigenvalue weighted by Crippen LogP contribution is 2.19. The summed E-state index contributed by atoms with van der Waals surface area (Å²) in [5.74, 6) is 0.839. The van der Waals surface area contributed by atoms with Crippen LogP contribution in [-0.4, -0.2) is 11.8 Å². The molecule has 4 heteroatoms. The SMILES string of the molecule is Fc1cc(Br)ccc1CC(CCl)CCl. The van der Waals surface area contributed by atoms with Crippen molar-refractivity contribution in [1.29, 1.82) is 0 Å². The van der Waals surface area contributed by atoms with Crippen LogP contribution in [0, 0.1) is 11.7 Å². The molecule has 0 aliphatic heterocycles. The van der Waals surface area contributed by atoms with Crippen LogP contribution in [0.3, 0.4) is 0 Å². The molecule has 0 radical (unpaired) electrons. The first-order chi connectivity index (χ1) is 6.67. The molecule has 1 aromatic carbocycles. The second kappa shape index (κ2) is 5.94. The maximum Gasteiger partial charge on any atom is 0.127 e. The van der Waals surface area contributed by atoms with Gasteiger partial charge >= 0.3 is 0 Å². The summed E-state index contributed by atoms with van der Waals surface area (Å²) in [4.78, 5) is 0. The molecule has 0 aromatic heterocycles. The van der Waals surface area contributed by atoms with Gasteiger partial charge in [0, 0.05) is 16.2 Å². The highest BCUT2D eigenvalue weighted by molar-refractivity contribution is 9.10. The summed E-state index contributed by atoms with van der Waals surface area (Å²) in [7, 11) is 0. The molecular formula is C10H10BrCl2F. The van der Waals surface area contributed by atoms with E-state index in [0.717, 1.165) is 4.47 Å². The summed E-state index contributed by atoms with van der Waals surface area (Å²) >= 11 is 14.6. The lowest BCUT2D eigenvalue weighted by atomic mass is 10.0. The van der Waals surface area contributed by atoms with Crippen molar-refractivity contribution in [2.24, 2.45) is 5.92 Å². The summed E-state index contributed by atoms with van der Waals surface area (Å²) in [6.45, 7) is 0. The maximum absolute atomic E-state index is 13.4. The van der Waals surface area contributed by atoms with E-state index in [-0.39, 0.29) is 11.7 Å². The highest BCUT2D eigenvalue weighted by Gasteiger charge is 2.10. The minimum Gasteiger partial charge on any atom is -0.207 e. The first kappa shape index (κ1) is 12.3. The molecule has 0 nitrogen and oxygen atoms in total. The predicted molar refractivity (Wildman–Crippen MR) is 62.7 cm³/mol. The van der Waals surface area contributed by atoms with E-state index in [9.17, 15) is 4.39 Å². The van der Waals surface area contributed by atoms with Crippen LogP contribution in [0.2, 0.25) is 0 Å². The van der Waals surface area contributed by atoms with E-state index in [2.05, 4.69) is 15.9 Å².